The molecule has 0 N–H and O–H groups in total. The molecule has 2 rings (SSSR count). The maximum absolute atomic E-state index is 14.0. The Hall–Kier alpha value is -2.14. The largest absolute Gasteiger partial charge is 0.206 e. The van der Waals surface area contributed by atoms with E-state index in [2.05, 4.69) is 6.07 Å². The smallest absolute Gasteiger partial charge is 0.131 e. The molecule has 0 bridgehead atoms. The Morgan fingerprint density at radius 1 is 1.06 bits per heavy atom. The van der Waals surface area contributed by atoms with Crippen molar-refractivity contribution in [3.63, 3.8) is 0 Å². The van der Waals surface area contributed by atoms with Crippen LogP contribution in [-0.4, -0.2) is 0 Å². The van der Waals surface area contributed by atoms with Crippen molar-refractivity contribution >= 4 is 0 Å². The number of hydrogen-bond donors (Lipinski definition) is 0. The zero-order chi connectivity index (χ0) is 13.1. The van der Waals surface area contributed by atoms with Gasteiger partial charge in [-0.1, -0.05) is 38.1 Å². The van der Waals surface area contributed by atoms with Crippen molar-refractivity contribution < 1.29 is 4.39 Å². The van der Waals surface area contributed by atoms with Gasteiger partial charge in [-0.15, -0.1) is 0 Å². The van der Waals surface area contributed by atoms with Gasteiger partial charge < -0.3 is 0 Å². The van der Waals surface area contributed by atoms with Gasteiger partial charge in [-0.05, 0) is 35.2 Å². The number of halogens is 1. The third-order valence-electron chi connectivity index (χ3n) is 2.98. The Balaban J connectivity index is 2.42. The third kappa shape index (κ3) is 2.41. The minimum absolute atomic E-state index is 0.217. The molecule has 0 saturated heterocycles. The first kappa shape index (κ1) is 12.3. The van der Waals surface area contributed by atoms with Crippen molar-refractivity contribution in [2.24, 2.45) is 0 Å². The molecule has 0 aromatic heterocycles. The van der Waals surface area contributed by atoms with E-state index in [1.807, 2.05) is 19.9 Å². The summed E-state index contributed by atoms with van der Waals surface area (Å²) in [5, 5.41) is 8.73. The molecule has 2 aromatic rings. The fourth-order valence-electron chi connectivity index (χ4n) is 1.85. The van der Waals surface area contributed by atoms with Crippen LogP contribution in [0.1, 0.15) is 30.9 Å². The maximum Gasteiger partial charge on any atom is 0.131 e. The molecule has 0 saturated carbocycles. The van der Waals surface area contributed by atoms with Crippen molar-refractivity contribution in [1.82, 2.24) is 0 Å². The Bertz CT molecular complexity index is 591. The fourth-order valence-corrected chi connectivity index (χ4v) is 1.85. The summed E-state index contributed by atoms with van der Waals surface area (Å²) in [7, 11) is 0. The van der Waals surface area contributed by atoms with Gasteiger partial charge in [0.2, 0.25) is 0 Å². The van der Waals surface area contributed by atoms with E-state index >= 15 is 0 Å². The van der Waals surface area contributed by atoms with Crippen LogP contribution in [0, 0.1) is 17.1 Å². The highest BCUT2D eigenvalue weighted by Gasteiger charge is 2.08. The van der Waals surface area contributed by atoms with Gasteiger partial charge >= 0.3 is 0 Å². The van der Waals surface area contributed by atoms with E-state index in [4.69, 9.17) is 5.26 Å². The molecule has 0 radical (unpaired) electrons. The lowest BCUT2D eigenvalue weighted by Crippen LogP contribution is -1.91. The average Bonchev–Trinajstić information content (AvgIpc) is 2.38. The lowest BCUT2D eigenvalue weighted by atomic mass is 9.98. The van der Waals surface area contributed by atoms with Gasteiger partial charge in [0.05, 0.1) is 11.6 Å². The van der Waals surface area contributed by atoms with Gasteiger partial charge in [0.1, 0.15) is 5.82 Å². The molecular formula is C16H14FN. The average molecular weight is 239 g/mol. The van der Waals surface area contributed by atoms with Gasteiger partial charge in [-0.3, -0.25) is 0 Å². The van der Waals surface area contributed by atoms with Crippen LogP contribution < -0.4 is 0 Å². The summed E-state index contributed by atoms with van der Waals surface area (Å²) in [5.41, 5.74) is 2.94. The van der Waals surface area contributed by atoms with Gasteiger partial charge in [0.15, 0.2) is 0 Å². The van der Waals surface area contributed by atoms with Crippen LogP contribution in [0.25, 0.3) is 11.1 Å². The van der Waals surface area contributed by atoms with E-state index in [9.17, 15) is 4.39 Å². The van der Waals surface area contributed by atoms with E-state index in [0.717, 1.165) is 11.1 Å². The summed E-state index contributed by atoms with van der Waals surface area (Å²) in [4.78, 5) is 0. The highest BCUT2D eigenvalue weighted by molar-refractivity contribution is 5.65. The van der Waals surface area contributed by atoms with E-state index in [1.54, 1.807) is 36.4 Å². The molecule has 0 atom stereocenters. The Labute approximate surface area is 107 Å². The second-order valence-corrected chi connectivity index (χ2v) is 4.58. The molecule has 0 aliphatic rings. The number of rotatable bonds is 2. The van der Waals surface area contributed by atoms with Crippen molar-refractivity contribution in [1.29, 1.82) is 5.26 Å². The van der Waals surface area contributed by atoms with Crippen LogP contribution in [0.5, 0.6) is 0 Å². The first-order chi connectivity index (χ1) is 8.61. The SMILES string of the molecule is CC(C)c1ccc(-c2ccc(C#N)cc2)c(F)c1. The Kier molecular flexibility index (Phi) is 3.43. The van der Waals surface area contributed by atoms with Crippen molar-refractivity contribution in [2.45, 2.75) is 19.8 Å². The van der Waals surface area contributed by atoms with Gasteiger partial charge in [0, 0.05) is 5.56 Å². The van der Waals surface area contributed by atoms with Crippen LogP contribution in [0.3, 0.4) is 0 Å². The molecule has 0 aliphatic heterocycles. The zero-order valence-corrected chi connectivity index (χ0v) is 10.4. The molecule has 0 fully saturated rings. The summed E-state index contributed by atoms with van der Waals surface area (Å²) in [6, 6.07) is 14.3. The topological polar surface area (TPSA) is 23.8 Å². The standard InChI is InChI=1S/C16H14FN/c1-11(2)14-7-8-15(16(17)9-14)13-5-3-12(10-18)4-6-13/h3-9,11H,1-2H3. The van der Waals surface area contributed by atoms with Gasteiger partial charge in [-0.2, -0.15) is 5.26 Å². The first-order valence-corrected chi connectivity index (χ1v) is 5.92. The third-order valence-corrected chi connectivity index (χ3v) is 2.98. The summed E-state index contributed by atoms with van der Waals surface area (Å²) < 4.78 is 14.0. The van der Waals surface area contributed by atoms with E-state index in [-0.39, 0.29) is 5.82 Å². The number of hydrogen-bond acceptors (Lipinski definition) is 1. The number of nitriles is 1. The number of benzene rings is 2. The first-order valence-electron chi connectivity index (χ1n) is 5.92. The van der Waals surface area contributed by atoms with Crippen LogP contribution in [0.4, 0.5) is 4.39 Å². The van der Waals surface area contributed by atoms with E-state index in [1.165, 1.54) is 0 Å². The molecule has 0 amide bonds. The maximum atomic E-state index is 14.0. The van der Waals surface area contributed by atoms with Crippen LogP contribution in [0.15, 0.2) is 42.5 Å². The van der Waals surface area contributed by atoms with E-state index < -0.39 is 0 Å². The second kappa shape index (κ2) is 5.01. The molecule has 0 unspecified atom stereocenters. The lowest BCUT2D eigenvalue weighted by molar-refractivity contribution is 0.627. The number of nitrogens with zero attached hydrogens (tertiary/aromatic N) is 1. The molecule has 0 aliphatic carbocycles. The van der Waals surface area contributed by atoms with Crippen LogP contribution >= 0.6 is 0 Å². The summed E-state index contributed by atoms with van der Waals surface area (Å²) in [6.07, 6.45) is 0. The molecule has 1 nitrogen and oxygen atoms in total. The Morgan fingerprint density at radius 2 is 1.72 bits per heavy atom. The molecule has 0 spiro atoms. The minimum atomic E-state index is -0.217. The van der Waals surface area contributed by atoms with Crippen LogP contribution in [-0.2, 0) is 0 Å². The van der Waals surface area contributed by atoms with Crippen LogP contribution in [0.2, 0.25) is 0 Å². The highest BCUT2D eigenvalue weighted by atomic mass is 19.1. The molecule has 18 heavy (non-hydrogen) atoms. The van der Waals surface area contributed by atoms with Crippen molar-refractivity contribution in [3.8, 4) is 17.2 Å². The minimum Gasteiger partial charge on any atom is -0.206 e. The monoisotopic (exact) mass is 239 g/mol. The summed E-state index contributed by atoms with van der Waals surface area (Å²) in [6.45, 7) is 4.08. The summed E-state index contributed by atoms with van der Waals surface area (Å²) in [5.74, 6) is 0.0976. The van der Waals surface area contributed by atoms with E-state index in [0.29, 0.717) is 17.0 Å². The predicted octanol–water partition coefficient (Wildman–Crippen LogP) is 4.49. The normalized spacial score (nSPS) is 10.4. The highest BCUT2D eigenvalue weighted by Crippen LogP contribution is 2.26. The lowest BCUT2D eigenvalue weighted by Gasteiger charge is -2.09. The van der Waals surface area contributed by atoms with Crippen molar-refractivity contribution in [2.75, 3.05) is 0 Å². The molecule has 0 heterocycles. The molecule has 90 valence electrons. The zero-order valence-electron chi connectivity index (χ0n) is 10.4. The quantitative estimate of drug-likeness (QED) is 0.757. The van der Waals surface area contributed by atoms with Gasteiger partial charge in [0.25, 0.3) is 0 Å². The molecular weight excluding hydrogens is 225 g/mol. The fraction of sp³-hybridized carbons (Fsp3) is 0.188. The van der Waals surface area contributed by atoms with Gasteiger partial charge in [-0.25, -0.2) is 4.39 Å². The second-order valence-electron chi connectivity index (χ2n) is 4.58. The Morgan fingerprint density at radius 3 is 2.22 bits per heavy atom. The van der Waals surface area contributed by atoms with Crippen molar-refractivity contribution in [3.05, 3.63) is 59.4 Å². The molecule has 2 aromatic carbocycles. The summed E-state index contributed by atoms with van der Waals surface area (Å²) >= 11 is 0. The predicted molar refractivity (Wildman–Crippen MR) is 70.6 cm³/mol. The molecule has 2 heteroatoms.